The van der Waals surface area contributed by atoms with Gasteiger partial charge in [-0.2, -0.15) is 0 Å². The summed E-state index contributed by atoms with van der Waals surface area (Å²) in [6.07, 6.45) is 2.57. The summed E-state index contributed by atoms with van der Waals surface area (Å²) in [5.74, 6) is 0.0423. The fraction of sp³-hybridized carbons (Fsp3) is 0.462. The first-order valence-electron chi connectivity index (χ1n) is 5.84. The minimum absolute atomic E-state index is 0.0704. The first kappa shape index (κ1) is 11.9. The van der Waals surface area contributed by atoms with Gasteiger partial charge >= 0.3 is 5.97 Å². The van der Waals surface area contributed by atoms with E-state index in [0.29, 0.717) is 6.42 Å². The highest BCUT2D eigenvalue weighted by Crippen LogP contribution is 2.31. The third-order valence-corrected chi connectivity index (χ3v) is 3.20. The number of aliphatic carboxylic acids is 1. The fourth-order valence-corrected chi connectivity index (χ4v) is 2.33. The summed E-state index contributed by atoms with van der Waals surface area (Å²) in [4.78, 5) is 11.0. The van der Waals surface area contributed by atoms with Gasteiger partial charge in [-0.05, 0) is 25.3 Å². The Morgan fingerprint density at radius 3 is 2.88 bits per heavy atom. The molecule has 0 aromatic heterocycles. The number of methoxy groups -OCH3 is 1. The van der Waals surface area contributed by atoms with Crippen LogP contribution in [0.15, 0.2) is 24.3 Å². The Labute approximate surface area is 101 Å². The van der Waals surface area contributed by atoms with Crippen LogP contribution in [0.1, 0.15) is 30.9 Å². The molecule has 0 amide bonds. The minimum atomic E-state index is -0.774. The minimum Gasteiger partial charge on any atom is -0.496 e. The van der Waals surface area contributed by atoms with Gasteiger partial charge in [-0.1, -0.05) is 18.2 Å². The highest BCUT2D eigenvalue weighted by molar-refractivity contribution is 5.73. The number of hydrogen-bond acceptors (Lipinski definition) is 3. The Morgan fingerprint density at radius 1 is 1.41 bits per heavy atom. The summed E-state index contributed by atoms with van der Waals surface area (Å²) < 4.78 is 5.31. The zero-order valence-corrected chi connectivity index (χ0v) is 9.85. The van der Waals surface area contributed by atoms with E-state index in [0.717, 1.165) is 24.2 Å². The van der Waals surface area contributed by atoms with E-state index in [1.54, 1.807) is 7.11 Å². The molecule has 0 saturated carbocycles. The van der Waals surface area contributed by atoms with E-state index in [1.165, 1.54) is 0 Å². The Hall–Kier alpha value is -1.55. The molecule has 1 aliphatic heterocycles. The zero-order chi connectivity index (χ0) is 12.3. The van der Waals surface area contributed by atoms with Crippen molar-refractivity contribution in [2.45, 2.75) is 31.3 Å². The van der Waals surface area contributed by atoms with Crippen molar-refractivity contribution in [3.05, 3.63) is 29.8 Å². The maximum atomic E-state index is 11.0. The number of para-hydroxylation sites is 1. The van der Waals surface area contributed by atoms with Crippen molar-refractivity contribution in [2.75, 3.05) is 7.11 Å². The van der Waals surface area contributed by atoms with Crippen LogP contribution in [0.3, 0.4) is 0 Å². The summed E-state index contributed by atoms with van der Waals surface area (Å²) in [5.41, 5.74) is 1.04. The molecule has 4 heteroatoms. The molecule has 1 aromatic rings. The largest absolute Gasteiger partial charge is 0.496 e. The smallest absolute Gasteiger partial charge is 0.320 e. The van der Waals surface area contributed by atoms with Gasteiger partial charge in [-0.25, -0.2) is 0 Å². The summed E-state index contributed by atoms with van der Waals surface area (Å²) in [7, 11) is 1.64. The molecule has 0 aliphatic carbocycles. The lowest BCUT2D eigenvalue weighted by Crippen LogP contribution is -2.42. The highest BCUT2D eigenvalue weighted by Gasteiger charge is 2.28. The molecule has 17 heavy (non-hydrogen) atoms. The molecule has 4 nitrogen and oxygen atoms in total. The number of nitrogens with one attached hydrogen (secondary N) is 1. The number of hydrogen-bond donors (Lipinski definition) is 2. The quantitative estimate of drug-likeness (QED) is 0.841. The number of rotatable bonds is 3. The summed E-state index contributed by atoms with van der Waals surface area (Å²) in [6.45, 7) is 0. The lowest BCUT2D eigenvalue weighted by atomic mass is 9.93. The highest BCUT2D eigenvalue weighted by atomic mass is 16.5. The maximum Gasteiger partial charge on any atom is 0.320 e. The number of carbonyl (C=O) groups is 1. The normalized spacial score (nSPS) is 24.3. The van der Waals surface area contributed by atoms with E-state index < -0.39 is 12.0 Å². The first-order chi connectivity index (χ1) is 8.22. The topological polar surface area (TPSA) is 58.6 Å². The van der Waals surface area contributed by atoms with Crippen LogP contribution in [0.2, 0.25) is 0 Å². The van der Waals surface area contributed by atoms with Gasteiger partial charge in [0.05, 0.1) is 7.11 Å². The predicted octanol–water partition coefficient (Wildman–Crippen LogP) is 1.96. The van der Waals surface area contributed by atoms with Gasteiger partial charge in [0, 0.05) is 11.6 Å². The van der Waals surface area contributed by atoms with E-state index in [-0.39, 0.29) is 6.04 Å². The van der Waals surface area contributed by atoms with E-state index >= 15 is 0 Å². The van der Waals surface area contributed by atoms with Gasteiger partial charge < -0.3 is 9.84 Å². The summed E-state index contributed by atoms with van der Waals surface area (Å²) in [6, 6.07) is 7.38. The summed E-state index contributed by atoms with van der Waals surface area (Å²) >= 11 is 0. The number of carboxylic acids is 1. The van der Waals surface area contributed by atoms with E-state index in [1.807, 2.05) is 24.3 Å². The second-order valence-corrected chi connectivity index (χ2v) is 4.28. The zero-order valence-electron chi connectivity index (χ0n) is 9.85. The van der Waals surface area contributed by atoms with Gasteiger partial charge in [-0.3, -0.25) is 10.1 Å². The van der Waals surface area contributed by atoms with Crippen LogP contribution in [0.5, 0.6) is 5.75 Å². The Balaban J connectivity index is 2.18. The third kappa shape index (κ3) is 2.58. The van der Waals surface area contributed by atoms with Crippen LogP contribution in [0.25, 0.3) is 0 Å². The molecule has 0 spiro atoms. The van der Waals surface area contributed by atoms with Crippen LogP contribution >= 0.6 is 0 Å². The lowest BCUT2D eigenvalue weighted by molar-refractivity contribution is -0.140. The molecule has 1 aromatic carbocycles. The number of piperidine rings is 1. The molecule has 2 unspecified atom stereocenters. The third-order valence-electron chi connectivity index (χ3n) is 3.20. The number of benzene rings is 1. The molecule has 1 heterocycles. The summed E-state index contributed by atoms with van der Waals surface area (Å²) in [5, 5.41) is 12.2. The van der Waals surface area contributed by atoms with E-state index in [9.17, 15) is 4.79 Å². The monoisotopic (exact) mass is 235 g/mol. The van der Waals surface area contributed by atoms with Gasteiger partial charge in [0.1, 0.15) is 11.8 Å². The number of ether oxygens (including phenoxy) is 1. The van der Waals surface area contributed by atoms with Gasteiger partial charge in [0.25, 0.3) is 0 Å². The first-order valence-corrected chi connectivity index (χ1v) is 5.84. The van der Waals surface area contributed by atoms with Crippen molar-refractivity contribution in [3.63, 3.8) is 0 Å². The van der Waals surface area contributed by atoms with Crippen molar-refractivity contribution >= 4 is 5.97 Å². The molecular weight excluding hydrogens is 218 g/mol. The Bertz CT molecular complexity index is 405. The predicted molar refractivity (Wildman–Crippen MR) is 64.1 cm³/mol. The van der Waals surface area contributed by atoms with Crippen LogP contribution in [0, 0.1) is 0 Å². The van der Waals surface area contributed by atoms with Crippen LogP contribution < -0.4 is 10.1 Å². The van der Waals surface area contributed by atoms with Crippen LogP contribution in [-0.2, 0) is 4.79 Å². The lowest BCUT2D eigenvalue weighted by Gasteiger charge is -2.29. The molecule has 1 saturated heterocycles. The van der Waals surface area contributed by atoms with Gasteiger partial charge in [-0.15, -0.1) is 0 Å². The Morgan fingerprint density at radius 2 is 2.18 bits per heavy atom. The molecule has 0 bridgehead atoms. The van der Waals surface area contributed by atoms with E-state index in [4.69, 9.17) is 9.84 Å². The average Bonchev–Trinajstić information content (AvgIpc) is 2.39. The fourth-order valence-electron chi connectivity index (χ4n) is 2.33. The SMILES string of the molecule is COc1ccccc1C1CCCC(C(=O)O)N1. The second-order valence-electron chi connectivity index (χ2n) is 4.28. The molecule has 2 N–H and O–H groups in total. The molecule has 2 rings (SSSR count). The van der Waals surface area contributed by atoms with Crippen molar-refractivity contribution in [3.8, 4) is 5.75 Å². The molecule has 92 valence electrons. The van der Waals surface area contributed by atoms with E-state index in [2.05, 4.69) is 5.32 Å². The Kier molecular flexibility index (Phi) is 3.64. The van der Waals surface area contributed by atoms with Gasteiger partial charge in [0.15, 0.2) is 0 Å². The molecule has 2 atom stereocenters. The van der Waals surface area contributed by atoms with Crippen LogP contribution in [-0.4, -0.2) is 24.2 Å². The second kappa shape index (κ2) is 5.19. The molecule has 0 radical (unpaired) electrons. The van der Waals surface area contributed by atoms with Crippen molar-refractivity contribution in [2.24, 2.45) is 0 Å². The van der Waals surface area contributed by atoms with Crippen molar-refractivity contribution in [1.29, 1.82) is 0 Å². The molecule has 1 aliphatic rings. The van der Waals surface area contributed by atoms with Crippen LogP contribution in [0.4, 0.5) is 0 Å². The maximum absolute atomic E-state index is 11.0. The average molecular weight is 235 g/mol. The standard InChI is InChI=1S/C13H17NO3/c1-17-12-8-3-2-5-9(12)10-6-4-7-11(14-10)13(15)16/h2-3,5,8,10-11,14H,4,6-7H2,1H3,(H,15,16). The van der Waals surface area contributed by atoms with Crippen molar-refractivity contribution < 1.29 is 14.6 Å². The van der Waals surface area contributed by atoms with Gasteiger partial charge in [0.2, 0.25) is 0 Å². The molecular formula is C13H17NO3. The van der Waals surface area contributed by atoms with Crippen molar-refractivity contribution in [1.82, 2.24) is 5.32 Å². The number of carboxylic acid groups (broad SMARTS) is 1. The molecule has 1 fully saturated rings.